The summed E-state index contributed by atoms with van der Waals surface area (Å²) in [4.78, 5) is 26.8. The molecule has 1 aromatic rings. The van der Waals surface area contributed by atoms with Gasteiger partial charge in [0, 0.05) is 24.7 Å². The Morgan fingerprint density at radius 1 is 1.32 bits per heavy atom. The predicted molar refractivity (Wildman–Crippen MR) is 106 cm³/mol. The van der Waals surface area contributed by atoms with Gasteiger partial charge in [0.2, 0.25) is 5.91 Å². The molecule has 1 unspecified atom stereocenters. The van der Waals surface area contributed by atoms with Gasteiger partial charge in [0.15, 0.2) is 0 Å². The Morgan fingerprint density at radius 3 is 2.82 bits per heavy atom. The number of ether oxygens (including phenoxy) is 2. The van der Waals surface area contributed by atoms with Crippen molar-refractivity contribution in [3.8, 4) is 11.8 Å². The van der Waals surface area contributed by atoms with Gasteiger partial charge in [0.05, 0.1) is 12.7 Å². The third-order valence-corrected chi connectivity index (χ3v) is 4.24. The fraction of sp³-hybridized carbons (Fsp3) is 0.571. The molecule has 2 rings (SSSR count). The second kappa shape index (κ2) is 9.98. The van der Waals surface area contributed by atoms with Gasteiger partial charge < -0.3 is 14.8 Å². The van der Waals surface area contributed by atoms with Crippen LogP contribution < -0.4 is 10.1 Å². The Labute approximate surface area is 166 Å². The summed E-state index contributed by atoms with van der Waals surface area (Å²) in [5, 5.41) is 11.4. The molecule has 1 saturated heterocycles. The van der Waals surface area contributed by atoms with Gasteiger partial charge in [-0.05, 0) is 58.6 Å². The number of hydrogen-bond donors (Lipinski definition) is 1. The largest absolute Gasteiger partial charge is 0.493 e. The molecule has 0 bridgehead atoms. The minimum absolute atomic E-state index is 0.229. The fourth-order valence-electron chi connectivity index (χ4n) is 2.97. The topological polar surface area (TPSA) is 91.7 Å². The molecule has 1 fully saturated rings. The zero-order valence-corrected chi connectivity index (χ0v) is 16.9. The SMILES string of the molecule is CC(C)(C)OC(=O)N1CCCCC1C(=O)Nc1cccc(OCCCC#N)c1. The quantitative estimate of drug-likeness (QED) is 0.742. The fourth-order valence-corrected chi connectivity index (χ4v) is 2.97. The summed E-state index contributed by atoms with van der Waals surface area (Å²) in [5.74, 6) is 0.399. The molecule has 1 atom stereocenters. The monoisotopic (exact) mass is 387 g/mol. The van der Waals surface area contributed by atoms with Crippen LogP contribution in [0.3, 0.4) is 0 Å². The van der Waals surface area contributed by atoms with Crippen LogP contribution in [0.15, 0.2) is 24.3 Å². The molecule has 28 heavy (non-hydrogen) atoms. The molecule has 1 aliphatic heterocycles. The summed E-state index contributed by atoms with van der Waals surface area (Å²) < 4.78 is 11.1. The van der Waals surface area contributed by atoms with Crippen LogP contribution in [-0.4, -0.2) is 41.7 Å². The molecule has 0 aliphatic carbocycles. The third-order valence-electron chi connectivity index (χ3n) is 4.24. The molecular formula is C21H29N3O4. The average Bonchev–Trinajstić information content (AvgIpc) is 2.64. The molecule has 152 valence electrons. The molecule has 2 amide bonds. The van der Waals surface area contributed by atoms with E-state index in [1.165, 1.54) is 4.90 Å². The van der Waals surface area contributed by atoms with E-state index in [1.54, 1.807) is 24.3 Å². The normalized spacial score (nSPS) is 16.8. The Morgan fingerprint density at radius 2 is 2.11 bits per heavy atom. The van der Waals surface area contributed by atoms with Crippen molar-refractivity contribution in [2.75, 3.05) is 18.5 Å². The minimum Gasteiger partial charge on any atom is -0.493 e. The second-order valence-corrected chi connectivity index (χ2v) is 7.81. The summed E-state index contributed by atoms with van der Waals surface area (Å²) in [7, 11) is 0. The molecule has 0 aromatic heterocycles. The van der Waals surface area contributed by atoms with Gasteiger partial charge in [-0.1, -0.05) is 6.07 Å². The lowest BCUT2D eigenvalue weighted by molar-refractivity contribution is -0.122. The van der Waals surface area contributed by atoms with E-state index in [1.807, 2.05) is 20.8 Å². The van der Waals surface area contributed by atoms with E-state index >= 15 is 0 Å². The van der Waals surface area contributed by atoms with Crippen molar-refractivity contribution in [1.29, 1.82) is 5.26 Å². The third kappa shape index (κ3) is 6.76. The summed E-state index contributed by atoms with van der Waals surface area (Å²) >= 11 is 0. The van der Waals surface area contributed by atoms with Gasteiger partial charge in [0.25, 0.3) is 0 Å². The summed E-state index contributed by atoms with van der Waals surface area (Å²) in [6, 6.07) is 8.64. The Bertz CT molecular complexity index is 721. The lowest BCUT2D eigenvalue weighted by Crippen LogP contribution is -2.51. The van der Waals surface area contributed by atoms with Crippen molar-refractivity contribution in [1.82, 2.24) is 4.90 Å². The van der Waals surface area contributed by atoms with Crippen LogP contribution in [0.5, 0.6) is 5.75 Å². The van der Waals surface area contributed by atoms with Crippen LogP contribution in [0, 0.1) is 11.3 Å². The number of amides is 2. The number of hydrogen-bond acceptors (Lipinski definition) is 5. The summed E-state index contributed by atoms with van der Waals surface area (Å²) in [6.07, 6.45) is 2.99. The summed E-state index contributed by atoms with van der Waals surface area (Å²) in [6.45, 7) is 6.39. The highest BCUT2D eigenvalue weighted by molar-refractivity contribution is 5.96. The predicted octanol–water partition coefficient (Wildman–Crippen LogP) is 4.10. The highest BCUT2D eigenvalue weighted by atomic mass is 16.6. The lowest BCUT2D eigenvalue weighted by Gasteiger charge is -2.35. The van der Waals surface area contributed by atoms with Crippen molar-refractivity contribution >= 4 is 17.7 Å². The highest BCUT2D eigenvalue weighted by Gasteiger charge is 2.34. The van der Waals surface area contributed by atoms with Gasteiger partial charge in [-0.2, -0.15) is 5.26 Å². The molecule has 1 heterocycles. The van der Waals surface area contributed by atoms with E-state index < -0.39 is 17.7 Å². The molecule has 7 heteroatoms. The number of nitriles is 1. The highest BCUT2D eigenvalue weighted by Crippen LogP contribution is 2.23. The summed E-state index contributed by atoms with van der Waals surface area (Å²) in [5.41, 5.74) is 0.00440. The molecule has 0 saturated carbocycles. The van der Waals surface area contributed by atoms with Crippen molar-refractivity contribution < 1.29 is 19.1 Å². The lowest BCUT2D eigenvalue weighted by atomic mass is 10.0. The number of benzene rings is 1. The zero-order valence-electron chi connectivity index (χ0n) is 16.9. The van der Waals surface area contributed by atoms with Crippen LogP contribution in [0.25, 0.3) is 0 Å². The maximum Gasteiger partial charge on any atom is 0.410 e. The number of rotatable bonds is 6. The van der Waals surface area contributed by atoms with Crippen molar-refractivity contribution in [2.45, 2.75) is 64.5 Å². The maximum atomic E-state index is 12.8. The number of carbonyl (C=O) groups is 2. The number of anilines is 1. The smallest absolute Gasteiger partial charge is 0.410 e. The van der Waals surface area contributed by atoms with Crippen molar-refractivity contribution in [2.24, 2.45) is 0 Å². The number of piperidine rings is 1. The van der Waals surface area contributed by atoms with Crippen molar-refractivity contribution in [3.63, 3.8) is 0 Å². The Balaban J connectivity index is 2.00. The maximum absolute atomic E-state index is 12.8. The van der Waals surface area contributed by atoms with E-state index in [2.05, 4.69) is 11.4 Å². The van der Waals surface area contributed by atoms with Crippen LogP contribution >= 0.6 is 0 Å². The van der Waals surface area contributed by atoms with E-state index in [0.29, 0.717) is 43.9 Å². The molecule has 0 spiro atoms. The molecule has 1 aliphatic rings. The Kier molecular flexibility index (Phi) is 7.68. The minimum atomic E-state index is -0.604. The van der Waals surface area contributed by atoms with Gasteiger partial charge in [-0.15, -0.1) is 0 Å². The van der Waals surface area contributed by atoms with E-state index in [4.69, 9.17) is 14.7 Å². The number of nitrogens with one attached hydrogen (secondary N) is 1. The van der Waals surface area contributed by atoms with E-state index in [-0.39, 0.29) is 5.91 Å². The standard InChI is InChI=1S/C21H29N3O4/c1-21(2,3)28-20(26)24-13-6-4-11-18(24)19(25)23-16-9-8-10-17(15-16)27-14-7-5-12-22/h8-10,15,18H,4-7,11,13-14H2,1-3H3,(H,23,25). The van der Waals surface area contributed by atoms with Gasteiger partial charge >= 0.3 is 6.09 Å². The molecule has 1 N–H and O–H groups in total. The first-order valence-corrected chi connectivity index (χ1v) is 9.70. The zero-order chi connectivity index (χ0) is 20.6. The molecule has 0 radical (unpaired) electrons. The van der Waals surface area contributed by atoms with Crippen LogP contribution in [0.2, 0.25) is 0 Å². The first-order valence-electron chi connectivity index (χ1n) is 9.70. The number of carbonyl (C=O) groups excluding carboxylic acids is 2. The average molecular weight is 387 g/mol. The van der Waals surface area contributed by atoms with Gasteiger partial charge in [-0.3, -0.25) is 9.69 Å². The molecular weight excluding hydrogens is 358 g/mol. The van der Waals surface area contributed by atoms with Crippen molar-refractivity contribution in [3.05, 3.63) is 24.3 Å². The second-order valence-electron chi connectivity index (χ2n) is 7.81. The molecule has 7 nitrogen and oxygen atoms in total. The number of unbranched alkanes of at least 4 members (excludes halogenated alkanes) is 1. The molecule has 1 aromatic carbocycles. The van der Waals surface area contributed by atoms with Gasteiger partial charge in [-0.25, -0.2) is 4.79 Å². The van der Waals surface area contributed by atoms with Crippen LogP contribution in [0.1, 0.15) is 52.9 Å². The number of nitrogens with zero attached hydrogens (tertiary/aromatic N) is 2. The first kappa shape index (κ1) is 21.5. The van der Waals surface area contributed by atoms with Crippen LogP contribution in [0.4, 0.5) is 10.5 Å². The number of likely N-dealkylation sites (tertiary alicyclic amines) is 1. The van der Waals surface area contributed by atoms with Crippen LogP contribution in [-0.2, 0) is 9.53 Å². The van der Waals surface area contributed by atoms with Gasteiger partial charge in [0.1, 0.15) is 17.4 Å². The first-order chi connectivity index (χ1) is 13.3. The van der Waals surface area contributed by atoms with E-state index in [9.17, 15) is 9.59 Å². The van der Waals surface area contributed by atoms with E-state index in [0.717, 1.165) is 12.8 Å². The Hall–Kier alpha value is -2.75.